The van der Waals surface area contributed by atoms with Crippen molar-refractivity contribution >= 4 is 34.8 Å². The van der Waals surface area contributed by atoms with Gasteiger partial charge < -0.3 is 20.3 Å². The monoisotopic (exact) mass is 341 g/mol. The Morgan fingerprint density at radius 2 is 1.60 bits per heavy atom. The van der Waals surface area contributed by atoms with Crippen molar-refractivity contribution in [2.24, 2.45) is 0 Å². The van der Waals surface area contributed by atoms with Gasteiger partial charge >= 0.3 is 17.8 Å². The van der Waals surface area contributed by atoms with E-state index in [2.05, 4.69) is 15.4 Å². The van der Waals surface area contributed by atoms with Crippen LogP contribution in [0.1, 0.15) is 10.4 Å². The molecule has 0 bridgehead atoms. The second-order valence-corrected chi connectivity index (χ2v) is 5.39. The van der Waals surface area contributed by atoms with E-state index in [-0.39, 0.29) is 11.3 Å². The van der Waals surface area contributed by atoms with Crippen LogP contribution in [0.4, 0.5) is 17.1 Å². The van der Waals surface area contributed by atoms with Crippen LogP contribution in [-0.4, -0.2) is 39.0 Å². The van der Waals surface area contributed by atoms with E-state index in [0.717, 1.165) is 5.69 Å². The molecule has 0 saturated carbocycles. The van der Waals surface area contributed by atoms with Crippen molar-refractivity contribution in [2.75, 3.05) is 36.7 Å². The zero-order valence-corrected chi connectivity index (χ0v) is 14.2. The van der Waals surface area contributed by atoms with E-state index < -0.39 is 17.8 Å². The van der Waals surface area contributed by atoms with Gasteiger partial charge in [0, 0.05) is 25.5 Å². The summed E-state index contributed by atoms with van der Waals surface area (Å²) in [5, 5.41) is 4.95. The van der Waals surface area contributed by atoms with Crippen LogP contribution < -0.4 is 15.5 Å². The molecule has 7 nitrogen and oxygen atoms in total. The Hall–Kier alpha value is -3.35. The molecule has 2 aromatic carbocycles. The summed E-state index contributed by atoms with van der Waals surface area (Å²) in [7, 11) is 4.99. The molecule has 7 heteroatoms. The molecule has 2 amide bonds. The van der Waals surface area contributed by atoms with E-state index in [0.29, 0.717) is 5.69 Å². The van der Waals surface area contributed by atoms with Crippen molar-refractivity contribution in [3.05, 3.63) is 54.1 Å². The standard InChI is InChI=1S/C18H19N3O4/c1-21(2)13-8-6-7-12(11-13)19-16(22)17(23)20-15-10-5-4-9-14(15)18(24)25-3/h4-11H,1-3H3,(H,19,22)(H,20,23). The van der Waals surface area contributed by atoms with E-state index in [1.165, 1.54) is 19.2 Å². The number of nitrogens with zero attached hydrogens (tertiary/aromatic N) is 1. The number of para-hydroxylation sites is 1. The molecule has 0 saturated heterocycles. The Labute approximate surface area is 145 Å². The smallest absolute Gasteiger partial charge is 0.339 e. The lowest BCUT2D eigenvalue weighted by atomic mass is 10.2. The number of anilines is 3. The van der Waals surface area contributed by atoms with Gasteiger partial charge in [-0.1, -0.05) is 18.2 Å². The minimum atomic E-state index is -0.883. The van der Waals surface area contributed by atoms with Crippen LogP contribution in [0, 0.1) is 0 Å². The molecule has 0 atom stereocenters. The minimum absolute atomic E-state index is 0.167. The van der Waals surface area contributed by atoms with E-state index in [1.807, 2.05) is 25.1 Å². The first kappa shape index (κ1) is 18.0. The number of rotatable bonds is 4. The van der Waals surface area contributed by atoms with Crippen LogP contribution in [0.5, 0.6) is 0 Å². The lowest BCUT2D eigenvalue weighted by Crippen LogP contribution is -2.29. The van der Waals surface area contributed by atoms with Gasteiger partial charge in [-0.25, -0.2) is 4.79 Å². The molecule has 0 unspecified atom stereocenters. The molecule has 0 aromatic heterocycles. The van der Waals surface area contributed by atoms with Gasteiger partial charge in [-0.3, -0.25) is 9.59 Å². The Kier molecular flexibility index (Phi) is 5.73. The fourth-order valence-corrected chi connectivity index (χ4v) is 2.11. The van der Waals surface area contributed by atoms with Crippen LogP contribution >= 0.6 is 0 Å². The summed E-state index contributed by atoms with van der Waals surface area (Å²) in [6.45, 7) is 0. The Balaban J connectivity index is 2.10. The predicted molar refractivity (Wildman–Crippen MR) is 95.8 cm³/mol. The second kappa shape index (κ2) is 7.96. The number of ether oxygens (including phenoxy) is 1. The van der Waals surface area contributed by atoms with Gasteiger partial charge in [0.2, 0.25) is 0 Å². The number of amides is 2. The lowest BCUT2D eigenvalue weighted by Gasteiger charge is -2.14. The van der Waals surface area contributed by atoms with Crippen LogP contribution in [0.15, 0.2) is 48.5 Å². The number of hydrogen-bond acceptors (Lipinski definition) is 5. The minimum Gasteiger partial charge on any atom is -0.465 e. The quantitative estimate of drug-likeness (QED) is 0.657. The molecule has 0 spiro atoms. The molecular weight excluding hydrogens is 322 g/mol. The predicted octanol–water partition coefficient (Wildman–Crippen LogP) is 2.12. The van der Waals surface area contributed by atoms with Crippen LogP contribution in [0.2, 0.25) is 0 Å². The highest BCUT2D eigenvalue weighted by molar-refractivity contribution is 6.44. The van der Waals surface area contributed by atoms with Crippen molar-refractivity contribution in [2.45, 2.75) is 0 Å². The van der Waals surface area contributed by atoms with Crippen molar-refractivity contribution in [1.29, 1.82) is 0 Å². The highest BCUT2D eigenvalue weighted by atomic mass is 16.5. The topological polar surface area (TPSA) is 87.7 Å². The molecule has 130 valence electrons. The Morgan fingerprint density at radius 1 is 0.920 bits per heavy atom. The second-order valence-electron chi connectivity index (χ2n) is 5.39. The highest BCUT2D eigenvalue weighted by Gasteiger charge is 2.18. The third-order valence-electron chi connectivity index (χ3n) is 3.41. The Morgan fingerprint density at radius 3 is 2.28 bits per heavy atom. The lowest BCUT2D eigenvalue weighted by molar-refractivity contribution is -0.133. The first-order valence-corrected chi connectivity index (χ1v) is 7.49. The molecule has 0 aliphatic rings. The third-order valence-corrected chi connectivity index (χ3v) is 3.41. The van der Waals surface area contributed by atoms with Crippen LogP contribution in [0.25, 0.3) is 0 Å². The maximum atomic E-state index is 12.1. The zero-order valence-electron chi connectivity index (χ0n) is 14.2. The van der Waals surface area contributed by atoms with Gasteiger partial charge in [0.1, 0.15) is 0 Å². The van der Waals surface area contributed by atoms with Gasteiger partial charge in [0.25, 0.3) is 0 Å². The van der Waals surface area contributed by atoms with Gasteiger partial charge in [-0.05, 0) is 30.3 Å². The van der Waals surface area contributed by atoms with Crippen molar-refractivity contribution in [1.82, 2.24) is 0 Å². The molecule has 0 radical (unpaired) electrons. The summed E-state index contributed by atoms with van der Waals surface area (Å²) in [5.41, 5.74) is 1.75. The van der Waals surface area contributed by atoms with Crippen LogP contribution in [-0.2, 0) is 14.3 Å². The van der Waals surface area contributed by atoms with E-state index in [9.17, 15) is 14.4 Å². The fraction of sp³-hybridized carbons (Fsp3) is 0.167. The van der Waals surface area contributed by atoms with E-state index >= 15 is 0 Å². The van der Waals surface area contributed by atoms with Gasteiger partial charge in [-0.15, -0.1) is 0 Å². The van der Waals surface area contributed by atoms with E-state index in [4.69, 9.17) is 0 Å². The van der Waals surface area contributed by atoms with E-state index in [1.54, 1.807) is 30.3 Å². The van der Waals surface area contributed by atoms with Crippen molar-refractivity contribution in [3.8, 4) is 0 Å². The SMILES string of the molecule is COC(=O)c1ccccc1NC(=O)C(=O)Nc1cccc(N(C)C)c1. The average molecular weight is 341 g/mol. The number of carbonyl (C=O) groups excluding carboxylic acids is 3. The maximum absolute atomic E-state index is 12.1. The van der Waals surface area contributed by atoms with Gasteiger partial charge in [-0.2, -0.15) is 0 Å². The average Bonchev–Trinajstić information content (AvgIpc) is 2.61. The maximum Gasteiger partial charge on any atom is 0.339 e. The molecule has 0 aliphatic carbocycles. The van der Waals surface area contributed by atoms with Crippen LogP contribution in [0.3, 0.4) is 0 Å². The van der Waals surface area contributed by atoms with Gasteiger partial charge in [0.05, 0.1) is 18.4 Å². The summed E-state index contributed by atoms with van der Waals surface area (Å²) in [6.07, 6.45) is 0. The third kappa shape index (κ3) is 4.57. The summed E-state index contributed by atoms with van der Waals surface area (Å²) >= 11 is 0. The fourth-order valence-electron chi connectivity index (χ4n) is 2.11. The number of methoxy groups -OCH3 is 1. The molecule has 2 N–H and O–H groups in total. The first-order valence-electron chi connectivity index (χ1n) is 7.49. The zero-order chi connectivity index (χ0) is 18.4. The molecule has 0 aliphatic heterocycles. The first-order chi connectivity index (χ1) is 11.9. The molecule has 0 heterocycles. The van der Waals surface area contributed by atoms with Crippen molar-refractivity contribution in [3.63, 3.8) is 0 Å². The summed E-state index contributed by atoms with van der Waals surface area (Å²) < 4.78 is 4.65. The largest absolute Gasteiger partial charge is 0.465 e. The number of carbonyl (C=O) groups is 3. The summed E-state index contributed by atoms with van der Waals surface area (Å²) in [4.78, 5) is 37.8. The molecule has 2 rings (SSSR count). The summed E-state index contributed by atoms with van der Waals surface area (Å²) in [6, 6.07) is 13.4. The van der Waals surface area contributed by atoms with Crippen molar-refractivity contribution < 1.29 is 19.1 Å². The Bertz CT molecular complexity index is 802. The number of esters is 1. The number of hydrogen-bond donors (Lipinski definition) is 2. The molecule has 2 aromatic rings. The summed E-state index contributed by atoms with van der Waals surface area (Å²) in [5.74, 6) is -2.32. The number of nitrogens with one attached hydrogen (secondary N) is 2. The molecule has 0 fully saturated rings. The highest BCUT2D eigenvalue weighted by Crippen LogP contribution is 2.18. The molecule has 25 heavy (non-hydrogen) atoms. The number of benzene rings is 2. The normalized spacial score (nSPS) is 9.88. The van der Waals surface area contributed by atoms with Gasteiger partial charge in [0.15, 0.2) is 0 Å². The molecular formula is C18H19N3O4.